The van der Waals surface area contributed by atoms with Crippen molar-refractivity contribution in [1.82, 2.24) is 5.32 Å². The summed E-state index contributed by atoms with van der Waals surface area (Å²) in [5.74, 6) is 1.26. The van der Waals surface area contributed by atoms with Gasteiger partial charge in [0.15, 0.2) is 18.1 Å². The average molecular weight is 481 g/mol. The Balaban J connectivity index is 1.35. The third-order valence-corrected chi connectivity index (χ3v) is 6.18. The average Bonchev–Trinajstić information content (AvgIpc) is 2.87. The number of amides is 1. The van der Waals surface area contributed by atoms with Crippen molar-refractivity contribution in [1.29, 1.82) is 0 Å². The van der Waals surface area contributed by atoms with Crippen molar-refractivity contribution in [2.24, 2.45) is 0 Å². The van der Waals surface area contributed by atoms with Gasteiger partial charge in [0.05, 0.1) is 19.9 Å². The predicted octanol–water partition coefficient (Wildman–Crippen LogP) is 5.54. The molecule has 7 heteroatoms. The van der Waals surface area contributed by atoms with Crippen molar-refractivity contribution < 1.29 is 19.0 Å². The van der Waals surface area contributed by atoms with Crippen LogP contribution in [0.2, 0.25) is 5.02 Å². The molecule has 6 nitrogen and oxygen atoms in total. The van der Waals surface area contributed by atoms with Gasteiger partial charge in [-0.25, -0.2) is 0 Å². The minimum atomic E-state index is -0.315. The Labute approximate surface area is 205 Å². The summed E-state index contributed by atoms with van der Waals surface area (Å²) in [6.07, 6.45) is 3.46. The van der Waals surface area contributed by atoms with Crippen LogP contribution >= 0.6 is 11.6 Å². The number of rotatable bonds is 9. The maximum atomic E-state index is 12.4. The van der Waals surface area contributed by atoms with Gasteiger partial charge in [0.2, 0.25) is 0 Å². The van der Waals surface area contributed by atoms with E-state index in [1.807, 2.05) is 18.2 Å². The number of hydrogen-bond donors (Lipinski definition) is 2. The van der Waals surface area contributed by atoms with Gasteiger partial charge in [-0.1, -0.05) is 41.9 Å². The van der Waals surface area contributed by atoms with Crippen LogP contribution in [-0.4, -0.2) is 26.7 Å². The summed E-state index contributed by atoms with van der Waals surface area (Å²) in [5.41, 5.74) is 4.44. The fraction of sp³-hybridized carbons (Fsp3) is 0.296. The van der Waals surface area contributed by atoms with Gasteiger partial charge in [-0.2, -0.15) is 0 Å². The van der Waals surface area contributed by atoms with E-state index < -0.39 is 0 Å². The molecule has 0 spiro atoms. The molecule has 178 valence electrons. The number of hydrogen-bond acceptors (Lipinski definition) is 5. The molecule has 1 amide bonds. The molecule has 1 atom stereocenters. The smallest absolute Gasteiger partial charge is 0.262 e. The van der Waals surface area contributed by atoms with Crippen LogP contribution in [0.3, 0.4) is 0 Å². The van der Waals surface area contributed by atoms with Gasteiger partial charge in [-0.15, -0.1) is 0 Å². The third-order valence-electron chi connectivity index (χ3n) is 5.95. The number of carbonyl (C=O) groups excluding carboxylic acids is 1. The van der Waals surface area contributed by atoms with E-state index in [1.54, 1.807) is 25.3 Å². The highest BCUT2D eigenvalue weighted by Gasteiger charge is 2.19. The van der Waals surface area contributed by atoms with Crippen LogP contribution in [-0.2, 0) is 17.8 Å². The number of fused-ring (bicyclic) bond motifs is 1. The first kappa shape index (κ1) is 23.9. The molecule has 0 aliphatic heterocycles. The van der Waals surface area contributed by atoms with Crippen molar-refractivity contribution in [3.8, 4) is 17.2 Å². The number of benzene rings is 3. The van der Waals surface area contributed by atoms with E-state index in [-0.39, 0.29) is 12.5 Å². The number of carbonyl (C=O) groups is 1. The quantitative estimate of drug-likeness (QED) is 0.420. The van der Waals surface area contributed by atoms with Crippen LogP contribution in [0.1, 0.15) is 35.6 Å². The Morgan fingerprint density at radius 3 is 2.65 bits per heavy atom. The molecule has 3 aromatic carbocycles. The lowest BCUT2D eigenvalue weighted by atomic mass is 9.87. The fourth-order valence-electron chi connectivity index (χ4n) is 4.25. The van der Waals surface area contributed by atoms with Gasteiger partial charge >= 0.3 is 0 Å². The molecule has 0 aromatic heterocycles. The molecule has 0 saturated carbocycles. The number of methoxy groups -OCH3 is 2. The Kier molecular flexibility index (Phi) is 7.93. The Morgan fingerprint density at radius 2 is 1.82 bits per heavy atom. The highest BCUT2D eigenvalue weighted by molar-refractivity contribution is 6.30. The number of nitrogens with one attached hydrogen (secondary N) is 2. The van der Waals surface area contributed by atoms with Crippen LogP contribution in [0.15, 0.2) is 60.7 Å². The van der Waals surface area contributed by atoms with Crippen molar-refractivity contribution in [3.05, 3.63) is 82.4 Å². The normalized spacial score (nSPS) is 14.7. The van der Waals surface area contributed by atoms with Crippen molar-refractivity contribution >= 4 is 23.2 Å². The monoisotopic (exact) mass is 480 g/mol. The number of aryl methyl sites for hydroxylation is 1. The molecule has 4 rings (SSSR count). The minimum Gasteiger partial charge on any atom is -0.495 e. The van der Waals surface area contributed by atoms with Gasteiger partial charge in [0, 0.05) is 23.7 Å². The summed E-state index contributed by atoms with van der Waals surface area (Å²) in [4.78, 5) is 12.4. The van der Waals surface area contributed by atoms with Gasteiger partial charge < -0.3 is 24.8 Å². The van der Waals surface area contributed by atoms with Crippen molar-refractivity contribution in [3.63, 3.8) is 0 Å². The fourth-order valence-corrected chi connectivity index (χ4v) is 4.41. The van der Waals surface area contributed by atoms with Crippen LogP contribution < -0.4 is 24.8 Å². The standard InChI is InChI=1S/C27H29ClN2O4/c1-32-25-15-20(28)11-12-23(25)30-27(31)17-34-24-13-10-18(14-26(24)33-2)16-29-22-9-5-7-19-6-3-4-8-21(19)22/h3-4,6,8,10-15,22,29H,5,7,9,16-17H2,1-2H3,(H,30,31). The number of ether oxygens (including phenoxy) is 3. The van der Waals surface area contributed by atoms with Crippen LogP contribution in [0.25, 0.3) is 0 Å². The molecule has 2 N–H and O–H groups in total. The topological polar surface area (TPSA) is 68.8 Å². The minimum absolute atomic E-state index is 0.168. The van der Waals surface area contributed by atoms with Crippen molar-refractivity contribution in [2.45, 2.75) is 31.8 Å². The first-order valence-electron chi connectivity index (χ1n) is 11.3. The van der Waals surface area contributed by atoms with Gasteiger partial charge in [-0.3, -0.25) is 4.79 Å². The molecule has 1 aliphatic rings. The lowest BCUT2D eigenvalue weighted by Crippen LogP contribution is -2.24. The highest BCUT2D eigenvalue weighted by atomic mass is 35.5. The molecule has 1 unspecified atom stereocenters. The SMILES string of the molecule is COc1cc(Cl)ccc1NC(=O)COc1ccc(CNC2CCCc3ccccc32)cc1OC. The predicted molar refractivity (Wildman–Crippen MR) is 134 cm³/mol. The lowest BCUT2D eigenvalue weighted by molar-refractivity contribution is -0.118. The van der Waals surface area contributed by atoms with Crippen LogP contribution in [0, 0.1) is 0 Å². The number of halogens is 1. The van der Waals surface area contributed by atoms with Crippen LogP contribution in [0.5, 0.6) is 17.2 Å². The molecule has 3 aromatic rings. The molecule has 1 aliphatic carbocycles. The maximum Gasteiger partial charge on any atom is 0.262 e. The zero-order chi connectivity index (χ0) is 23.9. The molecule has 34 heavy (non-hydrogen) atoms. The van der Waals surface area contributed by atoms with E-state index in [0.717, 1.165) is 18.4 Å². The molecule has 0 saturated heterocycles. The third kappa shape index (κ3) is 5.82. The number of anilines is 1. The van der Waals surface area contributed by atoms with Gasteiger partial charge in [-0.05, 0) is 60.2 Å². The molecule has 0 heterocycles. The zero-order valence-electron chi connectivity index (χ0n) is 19.4. The molecule has 0 radical (unpaired) electrons. The van der Waals surface area contributed by atoms with Crippen molar-refractivity contribution in [2.75, 3.05) is 26.1 Å². The molecule has 0 fully saturated rings. The maximum absolute atomic E-state index is 12.4. The Morgan fingerprint density at radius 1 is 1.00 bits per heavy atom. The first-order valence-corrected chi connectivity index (χ1v) is 11.7. The van der Waals surface area contributed by atoms with E-state index >= 15 is 0 Å². The second kappa shape index (κ2) is 11.3. The van der Waals surface area contributed by atoms with E-state index in [1.165, 1.54) is 24.7 Å². The first-order chi connectivity index (χ1) is 16.6. The molecule has 0 bridgehead atoms. The van der Waals surface area contributed by atoms with Gasteiger partial charge in [0.25, 0.3) is 5.91 Å². The summed E-state index contributed by atoms with van der Waals surface area (Å²) in [6.45, 7) is 0.547. The van der Waals surface area contributed by atoms with E-state index in [4.69, 9.17) is 25.8 Å². The summed E-state index contributed by atoms with van der Waals surface area (Å²) in [5, 5.41) is 6.98. The highest BCUT2D eigenvalue weighted by Crippen LogP contribution is 2.32. The summed E-state index contributed by atoms with van der Waals surface area (Å²) >= 11 is 5.97. The summed E-state index contributed by atoms with van der Waals surface area (Å²) in [7, 11) is 3.11. The Bertz CT molecular complexity index is 1150. The summed E-state index contributed by atoms with van der Waals surface area (Å²) in [6, 6.07) is 19.8. The second-order valence-electron chi connectivity index (χ2n) is 8.19. The lowest BCUT2D eigenvalue weighted by Gasteiger charge is -2.26. The molecular weight excluding hydrogens is 452 g/mol. The molecular formula is C27H29ClN2O4. The zero-order valence-corrected chi connectivity index (χ0v) is 20.2. The van der Waals surface area contributed by atoms with Gasteiger partial charge in [0.1, 0.15) is 5.75 Å². The largest absolute Gasteiger partial charge is 0.495 e. The van der Waals surface area contributed by atoms with E-state index in [9.17, 15) is 4.79 Å². The summed E-state index contributed by atoms with van der Waals surface area (Å²) < 4.78 is 16.5. The second-order valence-corrected chi connectivity index (χ2v) is 8.63. The Hall–Kier alpha value is -3.22. The van der Waals surface area contributed by atoms with E-state index in [2.05, 4.69) is 34.9 Å². The van der Waals surface area contributed by atoms with E-state index in [0.29, 0.717) is 40.5 Å². The van der Waals surface area contributed by atoms with Crippen LogP contribution in [0.4, 0.5) is 5.69 Å².